The first-order chi connectivity index (χ1) is 10.1. The zero-order valence-corrected chi connectivity index (χ0v) is 13.8. The van der Waals surface area contributed by atoms with Gasteiger partial charge in [0.15, 0.2) is 17.3 Å². The van der Waals surface area contributed by atoms with E-state index < -0.39 is 0 Å². The fraction of sp³-hybridized carbons (Fsp3) is 0.286. The molecule has 7 heteroatoms. The maximum Gasteiger partial charge on any atom is 0.231 e. The lowest BCUT2D eigenvalue weighted by Crippen LogP contribution is -1.97. The van der Waals surface area contributed by atoms with Crippen LogP contribution in [-0.2, 0) is 0 Å². The van der Waals surface area contributed by atoms with Crippen molar-refractivity contribution in [1.82, 2.24) is 9.97 Å². The van der Waals surface area contributed by atoms with Crippen LogP contribution in [0.15, 0.2) is 16.6 Å². The molecule has 0 amide bonds. The van der Waals surface area contributed by atoms with Crippen molar-refractivity contribution in [3.8, 4) is 22.9 Å². The number of halogens is 3. The summed E-state index contributed by atoms with van der Waals surface area (Å²) in [5.41, 5.74) is 1.72. The summed E-state index contributed by atoms with van der Waals surface area (Å²) < 4.78 is 11.5. The quantitative estimate of drug-likeness (QED) is 0.693. The van der Waals surface area contributed by atoms with Gasteiger partial charge in [-0.25, -0.2) is 9.97 Å². The first kappa shape index (κ1) is 13.6. The molecule has 2 aliphatic rings. The maximum atomic E-state index is 6.21. The van der Waals surface area contributed by atoms with E-state index in [1.807, 2.05) is 6.07 Å². The third kappa shape index (κ3) is 2.37. The first-order valence-corrected chi connectivity index (χ1v) is 8.01. The predicted octanol–water partition coefficient (Wildman–Crippen LogP) is 4.82. The number of nitrogens with zero attached hydrogens (tertiary/aromatic N) is 2. The van der Waals surface area contributed by atoms with Crippen LogP contribution in [0.5, 0.6) is 11.5 Å². The van der Waals surface area contributed by atoms with E-state index >= 15 is 0 Å². The first-order valence-electron chi connectivity index (χ1n) is 6.46. The summed E-state index contributed by atoms with van der Waals surface area (Å²) in [4.78, 5) is 8.97. The summed E-state index contributed by atoms with van der Waals surface area (Å²) >= 11 is 15.9. The number of aromatic nitrogens is 2. The average molecular weight is 388 g/mol. The fourth-order valence-electron chi connectivity index (χ4n) is 2.29. The molecular formula is C14H9BrCl2N2O2. The second kappa shape index (κ2) is 5.00. The van der Waals surface area contributed by atoms with Crippen LogP contribution in [0.4, 0.5) is 0 Å². The molecule has 0 unspecified atom stereocenters. The highest BCUT2D eigenvalue weighted by molar-refractivity contribution is 9.10. The topological polar surface area (TPSA) is 44.2 Å². The predicted molar refractivity (Wildman–Crippen MR) is 83.3 cm³/mol. The number of ether oxygens (including phenoxy) is 2. The van der Waals surface area contributed by atoms with Crippen molar-refractivity contribution < 1.29 is 9.47 Å². The highest BCUT2D eigenvalue weighted by Gasteiger charge is 2.29. The number of hydrogen-bond donors (Lipinski definition) is 0. The minimum absolute atomic E-state index is 0.174. The molecule has 4 nitrogen and oxygen atoms in total. The molecule has 1 aromatic carbocycles. The summed E-state index contributed by atoms with van der Waals surface area (Å²) in [6, 6.07) is 3.59. The Morgan fingerprint density at radius 1 is 1.14 bits per heavy atom. The minimum atomic E-state index is 0.174. The molecule has 2 heterocycles. The standard InChI is InChI=1S/C14H9BrCl2N2O2/c15-10-11(6-1-2-6)18-14(19-13(10)17)7-3-8(16)12-9(4-7)20-5-21-12/h3-4,6H,1-2,5H2. The van der Waals surface area contributed by atoms with E-state index in [2.05, 4.69) is 25.9 Å². The van der Waals surface area contributed by atoms with E-state index in [4.69, 9.17) is 32.7 Å². The van der Waals surface area contributed by atoms with Gasteiger partial charge in [0.1, 0.15) is 5.15 Å². The zero-order chi connectivity index (χ0) is 14.6. The molecule has 1 saturated carbocycles. The zero-order valence-electron chi connectivity index (χ0n) is 10.7. The molecule has 1 fully saturated rings. The van der Waals surface area contributed by atoms with Crippen molar-refractivity contribution in [3.05, 3.63) is 32.5 Å². The molecule has 1 aromatic heterocycles. The summed E-state index contributed by atoms with van der Waals surface area (Å²) in [5.74, 6) is 2.17. The highest BCUT2D eigenvalue weighted by atomic mass is 79.9. The SMILES string of the molecule is Clc1cc(-c2nc(Cl)c(Br)c(C3CC3)n2)cc2c1OCO2. The molecular weight excluding hydrogens is 379 g/mol. The molecule has 4 rings (SSSR count). The Labute approximate surface area is 139 Å². The summed E-state index contributed by atoms with van der Waals surface area (Å²) in [6.07, 6.45) is 2.26. The minimum Gasteiger partial charge on any atom is -0.454 e. The van der Waals surface area contributed by atoms with Crippen molar-refractivity contribution >= 4 is 39.1 Å². The molecule has 1 aliphatic carbocycles. The van der Waals surface area contributed by atoms with Crippen LogP contribution >= 0.6 is 39.1 Å². The Bertz CT molecular complexity index is 750. The van der Waals surface area contributed by atoms with Crippen LogP contribution in [-0.4, -0.2) is 16.8 Å². The lowest BCUT2D eigenvalue weighted by atomic mass is 10.1. The van der Waals surface area contributed by atoms with Gasteiger partial charge in [-0.1, -0.05) is 23.2 Å². The lowest BCUT2D eigenvalue weighted by molar-refractivity contribution is 0.174. The van der Waals surface area contributed by atoms with Crippen LogP contribution in [0.1, 0.15) is 24.5 Å². The van der Waals surface area contributed by atoms with Crippen molar-refractivity contribution in [3.63, 3.8) is 0 Å². The van der Waals surface area contributed by atoms with Crippen LogP contribution in [0.3, 0.4) is 0 Å². The number of fused-ring (bicyclic) bond motifs is 1. The summed E-state index contributed by atoms with van der Waals surface area (Å²) in [7, 11) is 0. The normalized spacial score (nSPS) is 16.3. The Kier molecular flexibility index (Phi) is 3.24. The Hall–Kier alpha value is -1.04. The van der Waals surface area contributed by atoms with E-state index in [0.717, 1.165) is 28.6 Å². The van der Waals surface area contributed by atoms with Gasteiger partial charge < -0.3 is 9.47 Å². The van der Waals surface area contributed by atoms with E-state index in [-0.39, 0.29) is 6.79 Å². The van der Waals surface area contributed by atoms with Gasteiger partial charge in [-0.2, -0.15) is 0 Å². The van der Waals surface area contributed by atoms with Gasteiger partial charge >= 0.3 is 0 Å². The largest absolute Gasteiger partial charge is 0.454 e. The molecule has 0 radical (unpaired) electrons. The lowest BCUT2D eigenvalue weighted by Gasteiger charge is -2.09. The summed E-state index contributed by atoms with van der Waals surface area (Å²) in [6.45, 7) is 0.174. The van der Waals surface area contributed by atoms with Crippen LogP contribution in [0.25, 0.3) is 11.4 Å². The van der Waals surface area contributed by atoms with E-state index in [1.54, 1.807) is 6.07 Å². The van der Waals surface area contributed by atoms with Gasteiger partial charge in [-0.15, -0.1) is 0 Å². The molecule has 21 heavy (non-hydrogen) atoms. The van der Waals surface area contributed by atoms with E-state index in [1.165, 1.54) is 0 Å². The number of rotatable bonds is 2. The molecule has 2 aromatic rings. The van der Waals surface area contributed by atoms with Crippen molar-refractivity contribution in [1.29, 1.82) is 0 Å². The van der Waals surface area contributed by atoms with E-state index in [9.17, 15) is 0 Å². The van der Waals surface area contributed by atoms with Gasteiger partial charge in [0.2, 0.25) is 6.79 Å². The third-order valence-corrected chi connectivity index (χ3v) is 5.05. The molecule has 0 bridgehead atoms. The fourth-order valence-corrected chi connectivity index (χ4v) is 3.23. The molecule has 0 N–H and O–H groups in total. The van der Waals surface area contributed by atoms with Crippen LogP contribution in [0, 0.1) is 0 Å². The van der Waals surface area contributed by atoms with Gasteiger partial charge in [0.25, 0.3) is 0 Å². The van der Waals surface area contributed by atoms with Crippen LogP contribution < -0.4 is 9.47 Å². The van der Waals surface area contributed by atoms with Crippen molar-refractivity contribution in [2.24, 2.45) is 0 Å². The average Bonchev–Trinajstić information content (AvgIpc) is 3.19. The second-order valence-electron chi connectivity index (χ2n) is 5.00. The second-order valence-corrected chi connectivity index (χ2v) is 6.56. The Morgan fingerprint density at radius 2 is 1.95 bits per heavy atom. The highest BCUT2D eigenvalue weighted by Crippen LogP contribution is 2.45. The Balaban J connectivity index is 1.85. The smallest absolute Gasteiger partial charge is 0.231 e. The monoisotopic (exact) mass is 386 g/mol. The van der Waals surface area contributed by atoms with Crippen molar-refractivity contribution in [2.45, 2.75) is 18.8 Å². The van der Waals surface area contributed by atoms with Gasteiger partial charge in [0, 0.05) is 11.5 Å². The maximum absolute atomic E-state index is 6.21. The number of hydrogen-bond acceptors (Lipinski definition) is 4. The van der Waals surface area contributed by atoms with Gasteiger partial charge in [-0.05, 0) is 40.9 Å². The van der Waals surface area contributed by atoms with Gasteiger partial charge in [-0.3, -0.25) is 0 Å². The number of benzene rings is 1. The molecule has 0 spiro atoms. The molecule has 1 aliphatic heterocycles. The van der Waals surface area contributed by atoms with E-state index in [0.29, 0.717) is 33.4 Å². The molecule has 108 valence electrons. The molecule has 0 saturated heterocycles. The van der Waals surface area contributed by atoms with Crippen LogP contribution in [0.2, 0.25) is 10.2 Å². The molecule has 0 atom stereocenters. The van der Waals surface area contributed by atoms with Crippen molar-refractivity contribution in [2.75, 3.05) is 6.79 Å². The Morgan fingerprint density at radius 3 is 2.71 bits per heavy atom. The third-order valence-electron chi connectivity index (χ3n) is 3.49. The van der Waals surface area contributed by atoms with Gasteiger partial charge in [0.05, 0.1) is 15.2 Å². The summed E-state index contributed by atoms with van der Waals surface area (Å²) in [5, 5.41) is 0.895.